The topological polar surface area (TPSA) is 37.4 Å². The molecule has 104 valence electrons. The number of rotatable bonds is 1. The molecule has 5 heteroatoms. The summed E-state index contributed by atoms with van der Waals surface area (Å²) < 4.78 is 0. The molecule has 1 aliphatic carbocycles. The van der Waals surface area contributed by atoms with Crippen LogP contribution in [0.2, 0.25) is 10.0 Å². The number of amides is 2. The summed E-state index contributed by atoms with van der Waals surface area (Å²) in [5, 5.41) is 0.828. The van der Waals surface area contributed by atoms with Crippen LogP contribution >= 0.6 is 23.2 Å². The van der Waals surface area contributed by atoms with E-state index in [4.69, 9.17) is 23.2 Å². The summed E-state index contributed by atoms with van der Waals surface area (Å²) >= 11 is 11.9. The largest absolute Gasteiger partial charge is 0.274 e. The van der Waals surface area contributed by atoms with Crippen LogP contribution in [-0.2, 0) is 9.59 Å². The molecule has 1 heterocycles. The number of hydrogen-bond acceptors (Lipinski definition) is 2. The van der Waals surface area contributed by atoms with Crippen LogP contribution in [0.25, 0.3) is 0 Å². The van der Waals surface area contributed by atoms with E-state index in [-0.39, 0.29) is 23.7 Å². The van der Waals surface area contributed by atoms with Crippen molar-refractivity contribution in [2.45, 2.75) is 19.8 Å². The number of hydrogen-bond donors (Lipinski definition) is 0. The van der Waals surface area contributed by atoms with Crippen molar-refractivity contribution in [1.82, 2.24) is 0 Å². The fraction of sp³-hybridized carbons (Fsp3) is 0.333. The van der Waals surface area contributed by atoms with Gasteiger partial charge in [0, 0.05) is 10.0 Å². The van der Waals surface area contributed by atoms with Crippen molar-refractivity contribution in [3.63, 3.8) is 0 Å². The van der Waals surface area contributed by atoms with Gasteiger partial charge in [-0.3, -0.25) is 9.59 Å². The predicted molar refractivity (Wildman–Crippen MR) is 78.9 cm³/mol. The molecule has 3 rings (SSSR count). The van der Waals surface area contributed by atoms with Crippen LogP contribution in [0.15, 0.2) is 29.8 Å². The van der Waals surface area contributed by atoms with Gasteiger partial charge in [0.25, 0.3) is 0 Å². The third kappa shape index (κ3) is 2.15. The summed E-state index contributed by atoms with van der Waals surface area (Å²) in [6, 6.07) is 4.78. The zero-order chi connectivity index (χ0) is 14.4. The Morgan fingerprint density at radius 2 is 1.65 bits per heavy atom. The molecule has 20 heavy (non-hydrogen) atoms. The van der Waals surface area contributed by atoms with Gasteiger partial charge in [0.1, 0.15) is 0 Å². The van der Waals surface area contributed by atoms with Crippen molar-refractivity contribution in [3.8, 4) is 0 Å². The van der Waals surface area contributed by atoms with Crippen LogP contribution in [0.3, 0.4) is 0 Å². The summed E-state index contributed by atoms with van der Waals surface area (Å²) in [6.45, 7) is 1.99. The Labute approximate surface area is 127 Å². The lowest BCUT2D eigenvalue weighted by Gasteiger charge is -2.18. The maximum atomic E-state index is 12.5. The maximum absolute atomic E-state index is 12.5. The van der Waals surface area contributed by atoms with Crippen LogP contribution < -0.4 is 4.90 Å². The second-order valence-corrected chi connectivity index (χ2v) is 6.22. The lowest BCUT2D eigenvalue weighted by Crippen LogP contribution is -2.30. The molecule has 2 unspecified atom stereocenters. The molecule has 1 aliphatic heterocycles. The molecule has 1 saturated heterocycles. The third-order valence-corrected chi connectivity index (χ3v) is 4.36. The Bertz CT molecular complexity index is 619. The molecule has 2 aliphatic rings. The van der Waals surface area contributed by atoms with E-state index >= 15 is 0 Å². The Morgan fingerprint density at radius 3 is 2.30 bits per heavy atom. The number of nitrogens with zero attached hydrogens (tertiary/aromatic N) is 1. The van der Waals surface area contributed by atoms with Gasteiger partial charge in [-0.2, -0.15) is 0 Å². The van der Waals surface area contributed by atoms with Crippen LogP contribution in [0.1, 0.15) is 19.8 Å². The molecule has 1 aromatic carbocycles. The molecule has 1 fully saturated rings. The fourth-order valence-electron chi connectivity index (χ4n) is 2.96. The first kappa shape index (κ1) is 13.7. The molecule has 3 nitrogen and oxygen atoms in total. The van der Waals surface area contributed by atoms with E-state index in [0.717, 1.165) is 0 Å². The summed E-state index contributed by atoms with van der Waals surface area (Å²) in [4.78, 5) is 26.2. The summed E-state index contributed by atoms with van der Waals surface area (Å²) in [7, 11) is 0. The molecule has 2 atom stereocenters. The normalized spacial score (nSPS) is 25.8. The van der Waals surface area contributed by atoms with Gasteiger partial charge in [-0.05, 0) is 38.0 Å². The van der Waals surface area contributed by atoms with Gasteiger partial charge in [0.2, 0.25) is 11.8 Å². The molecule has 1 aromatic rings. The highest BCUT2D eigenvalue weighted by Crippen LogP contribution is 2.40. The summed E-state index contributed by atoms with van der Waals surface area (Å²) in [5.74, 6) is -0.790. The van der Waals surface area contributed by atoms with Crippen LogP contribution in [0, 0.1) is 11.8 Å². The Morgan fingerprint density at radius 1 is 1.05 bits per heavy atom. The molecule has 0 saturated carbocycles. The minimum atomic E-state index is -0.246. The number of carbonyl (C=O) groups excluding carboxylic acids is 2. The van der Waals surface area contributed by atoms with Crippen molar-refractivity contribution in [2.24, 2.45) is 11.8 Å². The number of halogens is 2. The SMILES string of the molecule is CC1=CCC2C(=O)N(c3cc(Cl)cc(Cl)c3)C(=O)C2C1. The van der Waals surface area contributed by atoms with Crippen LogP contribution in [0.5, 0.6) is 0 Å². The summed E-state index contributed by atoms with van der Waals surface area (Å²) in [6.07, 6.45) is 3.33. The standard InChI is InChI=1S/C15H13Cl2NO2/c1-8-2-3-12-13(4-8)15(20)18(14(12)19)11-6-9(16)5-10(17)7-11/h2,5-7,12-13H,3-4H2,1H3. The highest BCUT2D eigenvalue weighted by molar-refractivity contribution is 6.35. The van der Waals surface area contributed by atoms with Gasteiger partial charge in [-0.25, -0.2) is 4.90 Å². The number of benzene rings is 1. The van der Waals surface area contributed by atoms with E-state index in [1.54, 1.807) is 18.2 Å². The summed E-state index contributed by atoms with van der Waals surface area (Å²) in [5.41, 5.74) is 1.63. The number of imide groups is 1. The second-order valence-electron chi connectivity index (χ2n) is 5.34. The second kappa shape index (κ2) is 4.90. The Balaban J connectivity index is 2.00. The van der Waals surface area contributed by atoms with Crippen LogP contribution in [0.4, 0.5) is 5.69 Å². The lowest BCUT2D eigenvalue weighted by atomic mass is 9.82. The maximum Gasteiger partial charge on any atom is 0.238 e. The minimum Gasteiger partial charge on any atom is -0.274 e. The van der Waals surface area contributed by atoms with Gasteiger partial charge in [-0.15, -0.1) is 0 Å². The van der Waals surface area contributed by atoms with E-state index in [2.05, 4.69) is 0 Å². The minimum absolute atomic E-state index is 0.147. The van der Waals surface area contributed by atoms with Gasteiger partial charge >= 0.3 is 0 Å². The van der Waals surface area contributed by atoms with E-state index in [0.29, 0.717) is 28.6 Å². The van der Waals surface area contributed by atoms with Crippen molar-refractivity contribution >= 4 is 40.7 Å². The van der Waals surface area contributed by atoms with Crippen LogP contribution in [-0.4, -0.2) is 11.8 Å². The smallest absolute Gasteiger partial charge is 0.238 e. The van der Waals surface area contributed by atoms with Crippen molar-refractivity contribution in [3.05, 3.63) is 39.9 Å². The average Bonchev–Trinajstić information content (AvgIpc) is 2.60. The number of fused-ring (bicyclic) bond motifs is 1. The Kier molecular flexibility index (Phi) is 3.35. The third-order valence-electron chi connectivity index (χ3n) is 3.93. The number of carbonyl (C=O) groups is 2. The van der Waals surface area contributed by atoms with Crippen molar-refractivity contribution in [1.29, 1.82) is 0 Å². The number of allylic oxidation sites excluding steroid dienone is 2. The lowest BCUT2D eigenvalue weighted by molar-refractivity contribution is -0.122. The molecule has 2 amide bonds. The van der Waals surface area contributed by atoms with E-state index in [9.17, 15) is 9.59 Å². The monoisotopic (exact) mass is 309 g/mol. The van der Waals surface area contributed by atoms with Crippen molar-refractivity contribution < 1.29 is 9.59 Å². The first-order chi connectivity index (χ1) is 9.47. The first-order valence-electron chi connectivity index (χ1n) is 6.47. The molecular weight excluding hydrogens is 297 g/mol. The van der Waals surface area contributed by atoms with Gasteiger partial charge in [0.05, 0.1) is 17.5 Å². The Hall–Kier alpha value is -1.32. The van der Waals surface area contributed by atoms with Gasteiger partial charge in [-0.1, -0.05) is 34.9 Å². The molecule has 0 radical (unpaired) electrons. The highest BCUT2D eigenvalue weighted by Gasteiger charge is 2.48. The molecule has 0 N–H and O–H groups in total. The molecule has 0 spiro atoms. The van der Waals surface area contributed by atoms with E-state index in [1.807, 2.05) is 13.0 Å². The van der Waals surface area contributed by atoms with Gasteiger partial charge in [0.15, 0.2) is 0 Å². The molecule has 0 bridgehead atoms. The average molecular weight is 310 g/mol. The zero-order valence-corrected chi connectivity index (χ0v) is 12.4. The number of anilines is 1. The highest BCUT2D eigenvalue weighted by atomic mass is 35.5. The van der Waals surface area contributed by atoms with E-state index in [1.165, 1.54) is 10.5 Å². The molecule has 0 aromatic heterocycles. The van der Waals surface area contributed by atoms with E-state index < -0.39 is 0 Å². The quantitative estimate of drug-likeness (QED) is 0.584. The van der Waals surface area contributed by atoms with Crippen molar-refractivity contribution in [2.75, 3.05) is 4.90 Å². The molecular formula is C15H13Cl2NO2. The predicted octanol–water partition coefficient (Wildman–Crippen LogP) is 3.84. The first-order valence-corrected chi connectivity index (χ1v) is 7.22. The zero-order valence-electron chi connectivity index (χ0n) is 10.9. The fourth-order valence-corrected chi connectivity index (χ4v) is 3.47. The van der Waals surface area contributed by atoms with Gasteiger partial charge < -0.3 is 0 Å².